The predicted molar refractivity (Wildman–Crippen MR) is 113 cm³/mol. The van der Waals surface area contributed by atoms with Crippen LogP contribution in [0.2, 0.25) is 0 Å². The average Bonchev–Trinajstić information content (AvgIpc) is 3.36. The van der Waals surface area contributed by atoms with Crippen LogP contribution in [-0.2, 0) is 5.60 Å². The van der Waals surface area contributed by atoms with Crippen molar-refractivity contribution in [2.24, 2.45) is 0 Å². The third kappa shape index (κ3) is 2.98. The van der Waals surface area contributed by atoms with Crippen LogP contribution in [0.1, 0.15) is 16.7 Å². The number of aromatic amines is 1. The van der Waals surface area contributed by atoms with E-state index in [1.807, 2.05) is 6.92 Å². The fourth-order valence-electron chi connectivity index (χ4n) is 4.06. The first kappa shape index (κ1) is 20.3. The summed E-state index contributed by atoms with van der Waals surface area (Å²) in [6, 6.07) is 14.6. The fraction of sp³-hybridized carbons (Fsp3) is 0.125. The van der Waals surface area contributed by atoms with Gasteiger partial charge in [0.15, 0.2) is 0 Å². The molecule has 0 aliphatic rings. The molecule has 0 saturated carbocycles. The lowest BCUT2D eigenvalue weighted by molar-refractivity contribution is -0.247. The van der Waals surface area contributed by atoms with E-state index in [2.05, 4.69) is 10.1 Å². The zero-order valence-corrected chi connectivity index (χ0v) is 16.8. The molecule has 0 fully saturated rings. The summed E-state index contributed by atoms with van der Waals surface area (Å²) in [5, 5.41) is 16.1. The topological polar surface area (TPSA) is 53.8 Å². The Kier molecular flexibility index (Phi) is 4.39. The SMILES string of the molecule is Cc1ccc2c(C(O)(c3ccc4c(cnn4-c4ccc(F)cc4)c3)C(F)(F)F)c[nH]c2c1. The zero-order valence-electron chi connectivity index (χ0n) is 16.8. The van der Waals surface area contributed by atoms with Gasteiger partial charge < -0.3 is 10.1 Å². The number of nitrogens with zero attached hydrogens (tertiary/aromatic N) is 2. The van der Waals surface area contributed by atoms with Gasteiger partial charge in [-0.25, -0.2) is 9.07 Å². The quantitative estimate of drug-likeness (QED) is 0.352. The van der Waals surface area contributed by atoms with Gasteiger partial charge in [-0.2, -0.15) is 18.3 Å². The number of benzene rings is 3. The highest BCUT2D eigenvalue weighted by atomic mass is 19.4. The highest BCUT2D eigenvalue weighted by molar-refractivity contribution is 5.86. The van der Waals surface area contributed by atoms with Crippen LogP contribution in [0.3, 0.4) is 0 Å². The molecule has 0 saturated heterocycles. The van der Waals surface area contributed by atoms with Gasteiger partial charge in [-0.15, -0.1) is 0 Å². The lowest BCUT2D eigenvalue weighted by atomic mass is 9.85. The Balaban J connectivity index is 1.69. The molecule has 2 N–H and O–H groups in total. The van der Waals surface area contributed by atoms with E-state index in [1.54, 1.807) is 18.2 Å². The van der Waals surface area contributed by atoms with Crippen molar-refractivity contribution in [3.63, 3.8) is 0 Å². The Morgan fingerprint density at radius 1 is 0.969 bits per heavy atom. The van der Waals surface area contributed by atoms with Gasteiger partial charge in [-0.3, -0.25) is 0 Å². The number of aryl methyl sites for hydroxylation is 1. The smallest absolute Gasteiger partial charge is 0.372 e. The maximum atomic E-state index is 14.3. The van der Waals surface area contributed by atoms with Crippen molar-refractivity contribution in [1.82, 2.24) is 14.8 Å². The maximum absolute atomic E-state index is 14.3. The summed E-state index contributed by atoms with van der Waals surface area (Å²) in [6.07, 6.45) is -2.37. The molecule has 2 aromatic heterocycles. The third-order valence-corrected chi connectivity index (χ3v) is 5.69. The van der Waals surface area contributed by atoms with Gasteiger partial charge in [0.25, 0.3) is 0 Å². The number of alkyl halides is 3. The molecular formula is C24H17F4N3O. The molecule has 32 heavy (non-hydrogen) atoms. The predicted octanol–water partition coefficient (Wildman–Crippen LogP) is 5.75. The second-order valence-electron chi connectivity index (χ2n) is 7.77. The van der Waals surface area contributed by atoms with Gasteiger partial charge in [-0.1, -0.05) is 18.2 Å². The normalized spacial score (nSPS) is 14.2. The average molecular weight is 439 g/mol. The number of aromatic nitrogens is 3. The molecule has 0 radical (unpaired) electrons. The van der Waals surface area contributed by atoms with Gasteiger partial charge in [0.1, 0.15) is 5.82 Å². The summed E-state index contributed by atoms with van der Waals surface area (Å²) in [5.74, 6) is -0.406. The Hall–Kier alpha value is -3.65. The van der Waals surface area contributed by atoms with Gasteiger partial charge in [0, 0.05) is 28.0 Å². The summed E-state index contributed by atoms with van der Waals surface area (Å²) >= 11 is 0. The number of aliphatic hydroxyl groups is 1. The van der Waals surface area contributed by atoms with Crippen LogP contribution >= 0.6 is 0 Å². The van der Waals surface area contributed by atoms with Crippen molar-refractivity contribution in [1.29, 1.82) is 0 Å². The fourth-order valence-corrected chi connectivity index (χ4v) is 4.06. The minimum absolute atomic E-state index is 0.273. The van der Waals surface area contributed by atoms with Crippen LogP contribution in [0, 0.1) is 12.7 Å². The largest absolute Gasteiger partial charge is 0.425 e. The molecule has 1 atom stereocenters. The Morgan fingerprint density at radius 3 is 2.44 bits per heavy atom. The van der Waals surface area contributed by atoms with Crippen LogP contribution in [-0.4, -0.2) is 26.0 Å². The Bertz CT molecular complexity index is 1450. The highest BCUT2D eigenvalue weighted by Crippen LogP contribution is 2.47. The molecular weight excluding hydrogens is 422 g/mol. The van der Waals surface area contributed by atoms with E-state index < -0.39 is 17.6 Å². The molecule has 4 nitrogen and oxygen atoms in total. The lowest BCUT2D eigenvalue weighted by Crippen LogP contribution is -2.43. The molecule has 8 heteroatoms. The standard InChI is InChI=1S/C24H17F4N3O/c1-14-2-8-19-20(13-29-21(19)10-14)23(32,24(26,27)28)16-3-9-22-15(11-16)12-30-31(22)18-6-4-17(25)5-7-18/h2-13,29,32H,1H3. The number of hydrogen-bond donors (Lipinski definition) is 2. The van der Waals surface area contributed by atoms with Crippen LogP contribution in [0.4, 0.5) is 17.6 Å². The second kappa shape index (κ2) is 6.93. The van der Waals surface area contributed by atoms with Gasteiger partial charge in [0.05, 0.1) is 17.4 Å². The monoisotopic (exact) mass is 439 g/mol. The van der Waals surface area contributed by atoms with Crippen LogP contribution in [0.15, 0.2) is 73.1 Å². The van der Waals surface area contributed by atoms with Crippen molar-refractivity contribution >= 4 is 21.8 Å². The summed E-state index contributed by atoms with van der Waals surface area (Å²) in [4.78, 5) is 2.84. The molecule has 3 aromatic carbocycles. The number of nitrogens with one attached hydrogen (secondary N) is 1. The van der Waals surface area contributed by atoms with Gasteiger partial charge >= 0.3 is 6.18 Å². The molecule has 0 amide bonds. The Morgan fingerprint density at radius 2 is 1.72 bits per heavy atom. The van der Waals surface area contributed by atoms with Crippen molar-refractivity contribution in [3.8, 4) is 5.69 Å². The van der Waals surface area contributed by atoms with E-state index in [4.69, 9.17) is 0 Å². The maximum Gasteiger partial charge on any atom is 0.425 e. The summed E-state index contributed by atoms with van der Waals surface area (Å²) in [6.45, 7) is 1.84. The first-order chi connectivity index (χ1) is 15.2. The molecule has 2 heterocycles. The summed E-state index contributed by atoms with van der Waals surface area (Å²) in [5.41, 5.74) is -1.34. The number of H-pyrrole nitrogens is 1. The lowest BCUT2D eigenvalue weighted by Gasteiger charge is -2.31. The minimum atomic E-state index is -4.98. The van der Waals surface area contributed by atoms with E-state index in [-0.39, 0.29) is 16.5 Å². The number of hydrogen-bond acceptors (Lipinski definition) is 2. The third-order valence-electron chi connectivity index (χ3n) is 5.69. The van der Waals surface area contributed by atoms with Crippen molar-refractivity contribution in [2.45, 2.75) is 18.7 Å². The van der Waals surface area contributed by atoms with Gasteiger partial charge in [0.2, 0.25) is 5.60 Å². The number of fused-ring (bicyclic) bond motifs is 2. The molecule has 162 valence electrons. The van der Waals surface area contributed by atoms with E-state index in [9.17, 15) is 22.7 Å². The molecule has 5 aromatic rings. The molecule has 0 aliphatic carbocycles. The second-order valence-corrected chi connectivity index (χ2v) is 7.77. The van der Waals surface area contributed by atoms with E-state index in [0.29, 0.717) is 22.1 Å². The van der Waals surface area contributed by atoms with Crippen LogP contribution < -0.4 is 0 Å². The summed E-state index contributed by atoms with van der Waals surface area (Å²) in [7, 11) is 0. The molecule has 0 spiro atoms. The van der Waals surface area contributed by atoms with Crippen LogP contribution in [0.25, 0.3) is 27.5 Å². The minimum Gasteiger partial charge on any atom is -0.372 e. The van der Waals surface area contributed by atoms with Gasteiger partial charge in [-0.05, 0) is 60.5 Å². The van der Waals surface area contributed by atoms with Crippen molar-refractivity contribution in [2.75, 3.05) is 0 Å². The molecule has 0 aliphatic heterocycles. The zero-order chi connectivity index (χ0) is 22.7. The highest BCUT2D eigenvalue weighted by Gasteiger charge is 2.57. The van der Waals surface area contributed by atoms with Crippen LogP contribution in [0.5, 0.6) is 0 Å². The Labute approximate surface area is 179 Å². The van der Waals surface area contributed by atoms with E-state index in [0.717, 1.165) is 5.56 Å². The van der Waals surface area contributed by atoms with E-state index in [1.165, 1.54) is 59.5 Å². The first-order valence-corrected chi connectivity index (χ1v) is 9.80. The van der Waals surface area contributed by atoms with E-state index >= 15 is 0 Å². The molecule has 5 rings (SSSR count). The summed E-state index contributed by atoms with van der Waals surface area (Å²) < 4.78 is 57.8. The van der Waals surface area contributed by atoms with Crippen molar-refractivity contribution < 1.29 is 22.7 Å². The molecule has 1 unspecified atom stereocenters. The number of halogens is 4. The van der Waals surface area contributed by atoms with Crippen molar-refractivity contribution in [3.05, 3.63) is 95.6 Å². The number of rotatable bonds is 3. The first-order valence-electron chi connectivity index (χ1n) is 9.80. The molecule has 0 bridgehead atoms.